The second-order valence-electron chi connectivity index (χ2n) is 2.37. The monoisotopic (exact) mass is 161 g/mol. The molecule has 0 aliphatic heterocycles. The van der Waals surface area contributed by atoms with Crippen LogP contribution in [0.25, 0.3) is 11.3 Å². The summed E-state index contributed by atoms with van der Waals surface area (Å²) in [5.74, 6) is 0.150. The zero-order valence-corrected chi connectivity index (χ0v) is 6.25. The summed E-state index contributed by atoms with van der Waals surface area (Å²) < 4.78 is 18.1. The maximum atomic E-state index is 13.1. The van der Waals surface area contributed by atoms with Crippen LogP contribution in [0.4, 0.5) is 4.39 Å². The Labute approximate surface area is 69.4 Å². The number of rotatable bonds is 1. The lowest BCUT2D eigenvalue weighted by molar-refractivity contribution is 0.569. The Bertz CT molecular complexity index is 365. The van der Waals surface area contributed by atoms with Crippen LogP contribution in [0.3, 0.4) is 0 Å². The van der Waals surface area contributed by atoms with Crippen molar-refractivity contribution < 1.29 is 8.81 Å². The largest absolute Gasteiger partial charge is 0.464 e. The van der Waals surface area contributed by atoms with Crippen LogP contribution < -0.4 is 0 Å². The summed E-state index contributed by atoms with van der Waals surface area (Å²) in [6.45, 7) is 0. The molecule has 0 aliphatic carbocycles. The van der Waals surface area contributed by atoms with Gasteiger partial charge >= 0.3 is 0 Å². The molecule has 1 nitrogen and oxygen atoms in total. The summed E-state index contributed by atoms with van der Waals surface area (Å²) in [6, 6.07) is 10.9. The van der Waals surface area contributed by atoms with E-state index in [2.05, 4.69) is 6.07 Å². The smallest absolute Gasteiger partial charge is 0.144 e. The predicted octanol–water partition coefficient (Wildman–Crippen LogP) is 2.89. The highest BCUT2D eigenvalue weighted by molar-refractivity contribution is 5.56. The molecule has 0 N–H and O–H groups in total. The first-order valence-corrected chi connectivity index (χ1v) is 3.58. The van der Waals surface area contributed by atoms with E-state index < -0.39 is 0 Å². The number of benzene rings is 1. The average Bonchev–Trinajstić information content (AvgIpc) is 2.57. The molecule has 1 radical (unpaired) electrons. The Morgan fingerprint density at radius 3 is 2.75 bits per heavy atom. The van der Waals surface area contributed by atoms with Crippen molar-refractivity contribution in [3.05, 3.63) is 48.5 Å². The molecular weight excluding hydrogens is 155 g/mol. The molecule has 0 saturated heterocycles. The van der Waals surface area contributed by atoms with E-state index in [1.165, 1.54) is 12.3 Å². The fourth-order valence-electron chi connectivity index (χ4n) is 1.03. The lowest BCUT2D eigenvalue weighted by atomic mass is 10.2. The van der Waals surface area contributed by atoms with Crippen LogP contribution in [-0.4, -0.2) is 0 Å². The van der Waals surface area contributed by atoms with Gasteiger partial charge in [-0.2, -0.15) is 0 Å². The second-order valence-corrected chi connectivity index (χ2v) is 2.37. The summed E-state index contributed by atoms with van der Waals surface area (Å²) in [5, 5.41) is 0. The van der Waals surface area contributed by atoms with Gasteiger partial charge in [0.1, 0.15) is 11.6 Å². The molecule has 0 bridgehead atoms. The van der Waals surface area contributed by atoms with Gasteiger partial charge in [0, 0.05) is 6.07 Å². The Kier molecular flexibility index (Phi) is 1.67. The lowest BCUT2D eigenvalue weighted by Crippen LogP contribution is -1.79. The first-order valence-electron chi connectivity index (χ1n) is 3.58. The molecule has 0 spiro atoms. The maximum Gasteiger partial charge on any atom is 0.144 e. The summed E-state index contributed by atoms with van der Waals surface area (Å²) >= 11 is 0. The molecule has 1 aromatic carbocycles. The van der Waals surface area contributed by atoms with Crippen LogP contribution >= 0.6 is 0 Å². The van der Waals surface area contributed by atoms with Gasteiger partial charge in [0.2, 0.25) is 0 Å². The van der Waals surface area contributed by atoms with E-state index >= 15 is 0 Å². The Morgan fingerprint density at radius 1 is 1.25 bits per heavy atom. The minimum absolute atomic E-state index is 0.288. The molecule has 12 heavy (non-hydrogen) atoms. The quantitative estimate of drug-likeness (QED) is 0.626. The van der Waals surface area contributed by atoms with Gasteiger partial charge in [-0.1, -0.05) is 12.1 Å². The fraction of sp³-hybridized carbons (Fsp3) is 0. The Hall–Kier alpha value is -1.57. The topological polar surface area (TPSA) is 13.1 Å². The highest BCUT2D eigenvalue weighted by Gasteiger charge is 2.05. The van der Waals surface area contributed by atoms with Crippen molar-refractivity contribution in [3.8, 4) is 11.3 Å². The zero-order chi connectivity index (χ0) is 8.39. The predicted molar refractivity (Wildman–Crippen MR) is 42.9 cm³/mol. The van der Waals surface area contributed by atoms with Crippen molar-refractivity contribution in [1.82, 2.24) is 0 Å². The third-order valence-corrected chi connectivity index (χ3v) is 1.59. The highest BCUT2D eigenvalue weighted by atomic mass is 19.1. The molecule has 0 atom stereocenters. The van der Waals surface area contributed by atoms with Crippen LogP contribution in [-0.2, 0) is 0 Å². The van der Waals surface area contributed by atoms with Gasteiger partial charge in [0.15, 0.2) is 0 Å². The number of halogens is 1. The molecule has 1 aromatic heterocycles. The van der Waals surface area contributed by atoms with E-state index in [4.69, 9.17) is 4.42 Å². The molecule has 2 aromatic rings. The van der Waals surface area contributed by atoms with Crippen LogP contribution in [0.5, 0.6) is 0 Å². The van der Waals surface area contributed by atoms with Crippen molar-refractivity contribution in [2.75, 3.05) is 0 Å². The summed E-state index contributed by atoms with van der Waals surface area (Å²) in [4.78, 5) is 0. The van der Waals surface area contributed by atoms with Gasteiger partial charge in [0.05, 0.1) is 11.8 Å². The summed E-state index contributed by atoms with van der Waals surface area (Å²) in [5.41, 5.74) is 0.447. The van der Waals surface area contributed by atoms with E-state index in [1.54, 1.807) is 24.3 Å². The third kappa shape index (κ3) is 1.11. The highest BCUT2D eigenvalue weighted by Crippen LogP contribution is 2.21. The van der Waals surface area contributed by atoms with E-state index in [1.807, 2.05) is 0 Å². The van der Waals surface area contributed by atoms with E-state index in [9.17, 15) is 4.39 Å². The molecule has 0 amide bonds. The number of furan rings is 1. The normalized spacial score (nSPS) is 10.1. The van der Waals surface area contributed by atoms with E-state index in [-0.39, 0.29) is 5.82 Å². The van der Waals surface area contributed by atoms with E-state index in [0.717, 1.165) is 0 Å². The van der Waals surface area contributed by atoms with Crippen molar-refractivity contribution in [1.29, 1.82) is 0 Å². The van der Waals surface area contributed by atoms with Gasteiger partial charge in [-0.15, -0.1) is 0 Å². The molecule has 0 unspecified atom stereocenters. The molecule has 2 rings (SSSR count). The van der Waals surface area contributed by atoms with E-state index in [0.29, 0.717) is 11.3 Å². The van der Waals surface area contributed by atoms with Gasteiger partial charge in [-0.3, -0.25) is 0 Å². The molecule has 59 valence electrons. The third-order valence-electron chi connectivity index (χ3n) is 1.59. The van der Waals surface area contributed by atoms with Gasteiger partial charge in [-0.25, -0.2) is 4.39 Å². The fourth-order valence-corrected chi connectivity index (χ4v) is 1.03. The summed E-state index contributed by atoms with van der Waals surface area (Å²) in [6.07, 6.45) is 1.47. The van der Waals surface area contributed by atoms with Gasteiger partial charge in [-0.05, 0) is 18.2 Å². The minimum atomic E-state index is -0.288. The van der Waals surface area contributed by atoms with Gasteiger partial charge < -0.3 is 4.42 Å². The molecule has 2 heteroatoms. The van der Waals surface area contributed by atoms with Gasteiger partial charge in [0.25, 0.3) is 0 Å². The Balaban J connectivity index is 2.55. The number of hydrogen-bond donors (Lipinski definition) is 0. The van der Waals surface area contributed by atoms with Crippen molar-refractivity contribution in [2.45, 2.75) is 0 Å². The van der Waals surface area contributed by atoms with Crippen LogP contribution in [0.2, 0.25) is 0 Å². The minimum Gasteiger partial charge on any atom is -0.464 e. The number of hydrogen-bond acceptors (Lipinski definition) is 1. The van der Waals surface area contributed by atoms with Crippen molar-refractivity contribution in [3.63, 3.8) is 0 Å². The zero-order valence-electron chi connectivity index (χ0n) is 6.25. The first kappa shape index (κ1) is 7.10. The lowest BCUT2D eigenvalue weighted by Gasteiger charge is -1.96. The molecular formula is C10H6FO. The van der Waals surface area contributed by atoms with Crippen molar-refractivity contribution >= 4 is 0 Å². The van der Waals surface area contributed by atoms with Crippen LogP contribution in [0.1, 0.15) is 0 Å². The SMILES string of the molecule is Fc1ccccc1-c1[c]cco1. The molecule has 0 saturated carbocycles. The second kappa shape index (κ2) is 2.81. The van der Waals surface area contributed by atoms with Crippen LogP contribution in [0.15, 0.2) is 41.0 Å². The Morgan fingerprint density at radius 2 is 2.08 bits per heavy atom. The molecule has 0 fully saturated rings. The molecule has 1 heterocycles. The summed E-state index contributed by atoms with van der Waals surface area (Å²) in [7, 11) is 0. The standard InChI is InChI=1S/C10H6FO/c11-9-5-2-1-4-8(9)10-6-3-7-12-10/h1-5,7H. The first-order chi connectivity index (χ1) is 5.88. The maximum absolute atomic E-state index is 13.1. The van der Waals surface area contributed by atoms with Crippen LogP contribution in [0, 0.1) is 11.9 Å². The average molecular weight is 161 g/mol. The van der Waals surface area contributed by atoms with Crippen molar-refractivity contribution in [2.24, 2.45) is 0 Å². The molecule has 0 aliphatic rings.